The largest absolute Gasteiger partial charge is 0.468 e. The summed E-state index contributed by atoms with van der Waals surface area (Å²) < 4.78 is 8.92. The molecule has 1 aromatic rings. The van der Waals surface area contributed by atoms with Gasteiger partial charge in [0.05, 0.1) is 7.11 Å². The van der Waals surface area contributed by atoms with Crippen molar-refractivity contribution in [2.24, 2.45) is 5.73 Å². The second-order valence-electron chi connectivity index (χ2n) is 2.12. The number of rotatable bonds is 2. The Bertz CT molecular complexity index is 326. The molecule has 1 rings (SSSR count). The van der Waals surface area contributed by atoms with Crippen LogP contribution < -0.4 is 11.3 Å². The van der Waals surface area contributed by atoms with Crippen molar-refractivity contribution in [2.45, 2.75) is 6.04 Å². The topological polar surface area (TPSA) is 98.3 Å². The van der Waals surface area contributed by atoms with Crippen LogP contribution in [0, 0.1) is 0 Å². The Morgan fingerprint density at radius 2 is 2.50 bits per heavy atom. The van der Waals surface area contributed by atoms with Crippen molar-refractivity contribution in [3.8, 4) is 0 Å². The number of aromatic amines is 1. The minimum absolute atomic E-state index is 0.0619. The van der Waals surface area contributed by atoms with Crippen molar-refractivity contribution >= 4 is 5.97 Å². The fourth-order valence-electron chi connectivity index (χ4n) is 0.694. The van der Waals surface area contributed by atoms with E-state index in [9.17, 15) is 9.59 Å². The summed E-state index contributed by atoms with van der Waals surface area (Å²) in [5.41, 5.74) is 4.89. The Kier molecular flexibility index (Phi) is 2.29. The lowest BCUT2D eigenvalue weighted by Gasteiger charge is -2.03. The van der Waals surface area contributed by atoms with Gasteiger partial charge in [0.1, 0.15) is 0 Å². The van der Waals surface area contributed by atoms with E-state index in [1.807, 2.05) is 5.16 Å². The predicted octanol–water partition coefficient (Wildman–Crippen LogP) is -0.859. The van der Waals surface area contributed by atoms with Crippen LogP contribution in [0.15, 0.2) is 15.4 Å². The monoisotopic (exact) mass is 172 g/mol. The maximum atomic E-state index is 10.8. The van der Waals surface area contributed by atoms with Gasteiger partial charge in [0.2, 0.25) is 0 Å². The maximum Gasteiger partial charge on any atom is 0.330 e. The number of nitrogens with one attached hydrogen (secondary N) is 1. The fourth-order valence-corrected chi connectivity index (χ4v) is 0.694. The highest BCUT2D eigenvalue weighted by Crippen LogP contribution is 2.07. The number of aromatic nitrogens is 1. The molecular formula is C6H8N2O4. The minimum atomic E-state index is -1.05. The maximum absolute atomic E-state index is 10.8. The summed E-state index contributed by atoms with van der Waals surface area (Å²) in [5.74, 6) is -0.593. The molecule has 0 saturated heterocycles. The number of nitrogens with two attached hydrogens (primary N) is 1. The highest BCUT2D eigenvalue weighted by atomic mass is 16.5. The molecular weight excluding hydrogens is 164 g/mol. The SMILES string of the molecule is COC(=O)C(N)c1cc(=O)[nH]o1. The molecule has 0 aliphatic heterocycles. The second kappa shape index (κ2) is 3.22. The van der Waals surface area contributed by atoms with Crippen molar-refractivity contribution in [2.75, 3.05) is 7.11 Å². The molecule has 66 valence electrons. The van der Waals surface area contributed by atoms with E-state index < -0.39 is 17.6 Å². The summed E-state index contributed by atoms with van der Waals surface area (Å²) in [7, 11) is 1.20. The lowest BCUT2D eigenvalue weighted by atomic mass is 10.2. The van der Waals surface area contributed by atoms with E-state index in [0.29, 0.717) is 0 Å². The molecule has 0 radical (unpaired) electrons. The minimum Gasteiger partial charge on any atom is -0.468 e. The molecule has 3 N–H and O–H groups in total. The van der Waals surface area contributed by atoms with Crippen LogP contribution in [-0.4, -0.2) is 18.2 Å². The highest BCUT2D eigenvalue weighted by molar-refractivity contribution is 5.76. The van der Waals surface area contributed by atoms with Gasteiger partial charge in [-0.15, -0.1) is 0 Å². The van der Waals surface area contributed by atoms with E-state index in [0.717, 1.165) is 6.07 Å². The van der Waals surface area contributed by atoms with Crippen LogP contribution in [0.25, 0.3) is 0 Å². The summed E-state index contributed by atoms with van der Waals surface area (Å²) in [6.45, 7) is 0. The number of carbonyl (C=O) groups excluding carboxylic acids is 1. The molecule has 0 aliphatic rings. The third kappa shape index (κ3) is 1.54. The Labute approximate surface area is 67.3 Å². The summed E-state index contributed by atoms with van der Waals surface area (Å²) in [4.78, 5) is 21.3. The summed E-state index contributed by atoms with van der Waals surface area (Å²) in [6.07, 6.45) is 0. The van der Waals surface area contributed by atoms with Crippen LogP contribution in [0.1, 0.15) is 11.8 Å². The zero-order chi connectivity index (χ0) is 9.14. The molecule has 1 aromatic heterocycles. The molecule has 0 aliphatic carbocycles. The first-order valence-electron chi connectivity index (χ1n) is 3.17. The number of esters is 1. The van der Waals surface area contributed by atoms with Gasteiger partial charge in [-0.2, -0.15) is 5.16 Å². The van der Waals surface area contributed by atoms with Crippen molar-refractivity contribution in [3.63, 3.8) is 0 Å². The highest BCUT2D eigenvalue weighted by Gasteiger charge is 2.20. The Balaban J connectivity index is 2.84. The van der Waals surface area contributed by atoms with Crippen LogP contribution in [0.4, 0.5) is 0 Å². The number of methoxy groups -OCH3 is 1. The Morgan fingerprint density at radius 1 is 1.83 bits per heavy atom. The third-order valence-electron chi connectivity index (χ3n) is 1.30. The van der Waals surface area contributed by atoms with Gasteiger partial charge in [0.15, 0.2) is 11.8 Å². The van der Waals surface area contributed by atoms with Crippen molar-refractivity contribution < 1.29 is 14.1 Å². The molecule has 1 unspecified atom stereocenters. The third-order valence-corrected chi connectivity index (χ3v) is 1.30. The Hall–Kier alpha value is -1.56. The number of hydrogen-bond acceptors (Lipinski definition) is 5. The van der Waals surface area contributed by atoms with Crippen LogP contribution in [-0.2, 0) is 9.53 Å². The molecule has 6 nitrogen and oxygen atoms in total. The van der Waals surface area contributed by atoms with Gasteiger partial charge in [-0.25, -0.2) is 4.79 Å². The number of hydrogen-bond donors (Lipinski definition) is 2. The van der Waals surface area contributed by atoms with E-state index in [-0.39, 0.29) is 5.76 Å². The van der Waals surface area contributed by atoms with Gasteiger partial charge in [0, 0.05) is 6.07 Å². The summed E-state index contributed by atoms with van der Waals surface area (Å²) in [5, 5.41) is 2.01. The first-order valence-corrected chi connectivity index (χ1v) is 3.17. The molecule has 0 bridgehead atoms. The number of ether oxygens (including phenoxy) is 1. The van der Waals surface area contributed by atoms with E-state index in [1.165, 1.54) is 7.11 Å². The lowest BCUT2D eigenvalue weighted by molar-refractivity contribution is -0.142. The molecule has 6 heteroatoms. The van der Waals surface area contributed by atoms with E-state index in [4.69, 9.17) is 5.73 Å². The smallest absolute Gasteiger partial charge is 0.330 e. The van der Waals surface area contributed by atoms with E-state index >= 15 is 0 Å². The van der Waals surface area contributed by atoms with Gasteiger partial charge in [-0.3, -0.25) is 4.79 Å². The van der Waals surface area contributed by atoms with Crippen molar-refractivity contribution in [3.05, 3.63) is 22.2 Å². The summed E-state index contributed by atoms with van der Waals surface area (Å²) in [6, 6.07) is 0.0515. The zero-order valence-corrected chi connectivity index (χ0v) is 6.37. The summed E-state index contributed by atoms with van der Waals surface area (Å²) >= 11 is 0. The number of carbonyl (C=O) groups is 1. The van der Waals surface area contributed by atoms with E-state index in [1.54, 1.807) is 0 Å². The van der Waals surface area contributed by atoms with Gasteiger partial charge in [-0.05, 0) is 0 Å². The van der Waals surface area contributed by atoms with Crippen LogP contribution in [0.3, 0.4) is 0 Å². The fraction of sp³-hybridized carbons (Fsp3) is 0.333. The first-order chi connectivity index (χ1) is 5.65. The van der Waals surface area contributed by atoms with Gasteiger partial charge in [0.25, 0.3) is 5.56 Å². The molecule has 0 spiro atoms. The molecule has 12 heavy (non-hydrogen) atoms. The van der Waals surface area contributed by atoms with Crippen molar-refractivity contribution in [1.82, 2.24) is 5.16 Å². The van der Waals surface area contributed by atoms with Gasteiger partial charge >= 0.3 is 5.97 Å². The zero-order valence-electron chi connectivity index (χ0n) is 6.37. The van der Waals surface area contributed by atoms with Gasteiger partial charge < -0.3 is 15.0 Å². The van der Waals surface area contributed by atoms with Gasteiger partial charge in [-0.1, -0.05) is 0 Å². The second-order valence-corrected chi connectivity index (χ2v) is 2.12. The van der Waals surface area contributed by atoms with Crippen LogP contribution in [0.2, 0.25) is 0 Å². The predicted molar refractivity (Wildman–Crippen MR) is 38.3 cm³/mol. The average Bonchev–Trinajstić information content (AvgIpc) is 2.49. The molecule has 1 atom stereocenters. The van der Waals surface area contributed by atoms with Crippen LogP contribution in [0.5, 0.6) is 0 Å². The van der Waals surface area contributed by atoms with Crippen LogP contribution >= 0.6 is 0 Å². The Morgan fingerprint density at radius 3 is 2.92 bits per heavy atom. The number of H-pyrrole nitrogens is 1. The first kappa shape index (κ1) is 8.54. The average molecular weight is 172 g/mol. The van der Waals surface area contributed by atoms with E-state index in [2.05, 4.69) is 9.26 Å². The molecule has 0 aromatic carbocycles. The normalized spacial score (nSPS) is 12.5. The lowest BCUT2D eigenvalue weighted by Crippen LogP contribution is -2.22. The molecule has 0 fully saturated rings. The molecule has 0 amide bonds. The molecule has 0 saturated carbocycles. The standard InChI is InChI=1S/C6H8N2O4/c1-11-6(10)5(7)3-2-4(9)8-12-3/h2,5H,7H2,1H3,(H,8,9). The van der Waals surface area contributed by atoms with Crippen molar-refractivity contribution in [1.29, 1.82) is 0 Å². The molecule has 1 heterocycles. The quantitative estimate of drug-likeness (QED) is 0.565.